The number of anilines is 2. The molecule has 6 amide bonds. The second-order valence-corrected chi connectivity index (χ2v) is 19.6. The fraction of sp³-hybridized carbons (Fsp3) is 0.453. The maximum absolute atomic E-state index is 14.5. The van der Waals surface area contributed by atoms with Gasteiger partial charge in [-0.25, -0.2) is 4.79 Å². The molecular formula is C53H60N6O17. The highest BCUT2D eigenvalue weighted by Gasteiger charge is 2.46. The molecule has 3 aliphatic heterocycles. The lowest BCUT2D eigenvalue weighted by atomic mass is 9.73. The molecule has 0 aromatic heterocycles. The number of amides is 6. The average Bonchev–Trinajstić information content (AvgIpc) is 3.97. The molecule has 2 saturated heterocycles. The topological polar surface area (TPSA) is 335 Å². The smallest absolute Gasteiger partial charge is 0.411 e. The Labute approximate surface area is 435 Å². The highest BCUT2D eigenvalue weighted by molar-refractivity contribution is 6.32. The molecule has 2 fully saturated rings. The molecule has 5 aliphatic rings. The van der Waals surface area contributed by atoms with E-state index in [1.165, 1.54) is 37.3 Å². The number of aromatic hydroxyl groups is 2. The van der Waals surface area contributed by atoms with Crippen LogP contribution in [0.4, 0.5) is 16.2 Å². The molecule has 9 N–H and O–H groups in total. The largest absolute Gasteiger partial charge is 0.507 e. The molecule has 23 nitrogen and oxygen atoms in total. The minimum Gasteiger partial charge on any atom is -0.507 e. The third kappa shape index (κ3) is 11.8. The van der Waals surface area contributed by atoms with Gasteiger partial charge in [-0.15, -0.1) is 0 Å². The Kier molecular flexibility index (Phi) is 17.1. The minimum atomic E-state index is -1.17. The number of aliphatic hydroxyl groups is 2. The fourth-order valence-corrected chi connectivity index (χ4v) is 10.0. The number of fused-ring (bicyclic) bond motifs is 4. The zero-order valence-electron chi connectivity index (χ0n) is 41.9. The van der Waals surface area contributed by atoms with E-state index in [2.05, 4.69) is 26.6 Å². The summed E-state index contributed by atoms with van der Waals surface area (Å²) >= 11 is 0. The first-order chi connectivity index (χ1) is 36.4. The number of imide groups is 1. The van der Waals surface area contributed by atoms with Crippen molar-refractivity contribution < 1.29 is 82.5 Å². The molecule has 404 valence electrons. The molecule has 8 rings (SSSR count). The van der Waals surface area contributed by atoms with Crippen LogP contribution in [0.2, 0.25) is 0 Å². The van der Waals surface area contributed by atoms with Crippen LogP contribution in [0.1, 0.15) is 114 Å². The zero-order chi connectivity index (χ0) is 54.5. The summed E-state index contributed by atoms with van der Waals surface area (Å²) in [4.78, 5) is 118. The van der Waals surface area contributed by atoms with Gasteiger partial charge in [-0.2, -0.15) is 0 Å². The Morgan fingerprint density at radius 3 is 2.25 bits per heavy atom. The van der Waals surface area contributed by atoms with E-state index in [1.54, 1.807) is 38.1 Å². The number of carbonyl (C=O) groups excluding carboxylic acids is 9. The van der Waals surface area contributed by atoms with Crippen LogP contribution in [0, 0.1) is 11.8 Å². The van der Waals surface area contributed by atoms with Gasteiger partial charge in [0.1, 0.15) is 43.0 Å². The Morgan fingerprint density at radius 1 is 0.829 bits per heavy atom. The first kappa shape index (κ1) is 54.8. The summed E-state index contributed by atoms with van der Waals surface area (Å²) in [6.45, 7) is 3.95. The predicted octanol–water partition coefficient (Wildman–Crippen LogP) is 2.29. The standard InChI is InChI=1S/C53H60N6O17/c1-25(2)46(58-37(63)10-5-4-6-17-59-39(64)15-16-40(59)65)52(71)54-26(3)51(70)55-29-13-11-27(12-14-29)23-74-53(72)57-32-9-7-8-30-42(32)49(68)45-44(47(30)66)48(67)31-18-28(34(62)21-60)19-35(43(31)50(45)69)76-41-20-33-36(24-73-41)75-38(22-61)56-33/h7-9,11-16,25-26,28,33,35-36,38,41,46,56,60-61,67,69H,4-6,10,17-24H2,1-3H3,(H,54,71)(H,55,70)(H,57,72)(H,58,63)/t26-,28+,33-,35-,36+,38+,41-,46-/m0/s1. The van der Waals surface area contributed by atoms with E-state index in [4.69, 9.17) is 18.9 Å². The van der Waals surface area contributed by atoms with Crippen molar-refractivity contribution in [1.82, 2.24) is 20.9 Å². The van der Waals surface area contributed by atoms with Gasteiger partial charge in [-0.05, 0) is 62.3 Å². The number of rotatable bonds is 20. The zero-order valence-corrected chi connectivity index (χ0v) is 41.9. The summed E-state index contributed by atoms with van der Waals surface area (Å²) in [5, 5.41) is 56.8. The first-order valence-corrected chi connectivity index (χ1v) is 25.1. The van der Waals surface area contributed by atoms with Crippen LogP contribution in [0.5, 0.6) is 11.5 Å². The summed E-state index contributed by atoms with van der Waals surface area (Å²) in [7, 11) is 0. The van der Waals surface area contributed by atoms with Gasteiger partial charge in [0, 0.05) is 65.9 Å². The number of hydrogen-bond acceptors (Lipinski definition) is 18. The number of ether oxygens (including phenoxy) is 4. The Hall–Kier alpha value is -7.41. The number of unbranched alkanes of at least 4 members (excludes halogenated alkanes) is 2. The molecule has 0 bridgehead atoms. The number of aliphatic hydroxyl groups excluding tert-OH is 2. The first-order valence-electron chi connectivity index (χ1n) is 25.1. The fourth-order valence-electron chi connectivity index (χ4n) is 10.0. The molecule has 0 saturated carbocycles. The van der Waals surface area contributed by atoms with E-state index >= 15 is 0 Å². The van der Waals surface area contributed by atoms with Gasteiger partial charge >= 0.3 is 6.09 Å². The van der Waals surface area contributed by atoms with Gasteiger partial charge in [-0.1, -0.05) is 44.5 Å². The average molecular weight is 1050 g/mol. The van der Waals surface area contributed by atoms with Gasteiger partial charge in [0.15, 0.2) is 23.6 Å². The van der Waals surface area contributed by atoms with Crippen molar-refractivity contribution in [1.29, 1.82) is 0 Å². The number of hydrogen-bond donors (Lipinski definition) is 9. The van der Waals surface area contributed by atoms with Crippen LogP contribution < -0.4 is 26.6 Å². The second kappa shape index (κ2) is 23.6. The summed E-state index contributed by atoms with van der Waals surface area (Å²) in [6, 6.07) is 8.09. The molecule has 23 heteroatoms. The van der Waals surface area contributed by atoms with Crippen LogP contribution >= 0.6 is 0 Å². The maximum atomic E-state index is 14.5. The van der Waals surface area contributed by atoms with E-state index in [-0.39, 0.29) is 116 Å². The van der Waals surface area contributed by atoms with Gasteiger partial charge in [-0.3, -0.25) is 53.9 Å². The number of benzene rings is 3. The van der Waals surface area contributed by atoms with E-state index in [0.29, 0.717) is 30.5 Å². The molecule has 76 heavy (non-hydrogen) atoms. The Morgan fingerprint density at radius 2 is 1.55 bits per heavy atom. The van der Waals surface area contributed by atoms with E-state index < -0.39 is 101 Å². The van der Waals surface area contributed by atoms with E-state index in [0.717, 1.165) is 4.90 Å². The van der Waals surface area contributed by atoms with Crippen LogP contribution in [-0.4, -0.2) is 141 Å². The van der Waals surface area contributed by atoms with Crippen LogP contribution in [0.25, 0.3) is 0 Å². The molecule has 8 atom stereocenters. The SMILES string of the molecule is CC(C)[C@H](NC(=O)CCCCCN1C(=O)C=CC1=O)C(=O)N[C@@H](C)C(=O)Nc1ccc(COC(=O)Nc2cccc3c2C(=O)c2c(O)c4c(c(O)c2C3=O)C[C@@H](C(=O)CO)C[C@@H]4O[C@H]2C[C@@H]3N[C@@H](CO)O[C@@H]3CO2)cc1. The lowest BCUT2D eigenvalue weighted by molar-refractivity contribution is -0.216. The van der Waals surface area contributed by atoms with Crippen molar-refractivity contribution in [2.45, 2.75) is 115 Å². The van der Waals surface area contributed by atoms with Crippen molar-refractivity contribution in [2.24, 2.45) is 11.8 Å². The minimum absolute atomic E-state index is 0.0135. The quantitative estimate of drug-likeness (QED) is 0.0348. The summed E-state index contributed by atoms with van der Waals surface area (Å²) in [5.41, 5.74) is -0.886. The second-order valence-electron chi connectivity index (χ2n) is 19.6. The highest BCUT2D eigenvalue weighted by Crippen LogP contribution is 2.51. The van der Waals surface area contributed by atoms with E-state index in [9.17, 15) is 63.6 Å². The highest BCUT2D eigenvalue weighted by atomic mass is 16.7. The Balaban J connectivity index is 0.859. The number of phenols is 2. The molecule has 0 unspecified atom stereocenters. The lowest BCUT2D eigenvalue weighted by Crippen LogP contribution is -2.53. The third-order valence-electron chi connectivity index (χ3n) is 14.1. The third-order valence-corrected chi connectivity index (χ3v) is 14.1. The van der Waals surface area contributed by atoms with Crippen LogP contribution in [0.15, 0.2) is 54.6 Å². The number of nitrogens with zero attached hydrogens (tertiary/aromatic N) is 1. The molecule has 0 spiro atoms. The van der Waals surface area contributed by atoms with Crippen molar-refractivity contribution in [3.63, 3.8) is 0 Å². The molecule has 3 heterocycles. The van der Waals surface area contributed by atoms with Crippen molar-refractivity contribution in [3.05, 3.63) is 93.6 Å². The number of ketones is 3. The van der Waals surface area contributed by atoms with E-state index in [1.807, 2.05) is 0 Å². The van der Waals surface area contributed by atoms with Gasteiger partial charge in [0.05, 0.1) is 47.8 Å². The number of Topliss-reactive ketones (excluding diaryl/α,β-unsaturated/α-hetero) is 1. The molecule has 0 radical (unpaired) electrons. The number of carbonyl (C=O) groups is 9. The summed E-state index contributed by atoms with van der Waals surface area (Å²) < 4.78 is 23.4. The molecule has 3 aromatic rings. The number of phenolic OH excluding ortho intramolecular Hbond substituents is 2. The normalized spacial score (nSPS) is 22.3. The molecule has 3 aromatic carbocycles. The van der Waals surface area contributed by atoms with Crippen molar-refractivity contribution in [3.8, 4) is 11.5 Å². The molecular weight excluding hydrogens is 993 g/mol. The molecule has 2 aliphatic carbocycles. The maximum Gasteiger partial charge on any atom is 0.411 e. The number of nitrogens with one attached hydrogen (secondary N) is 5. The van der Waals surface area contributed by atoms with Crippen molar-refractivity contribution >= 4 is 64.4 Å². The lowest BCUT2D eigenvalue weighted by Gasteiger charge is -2.38. The van der Waals surface area contributed by atoms with Crippen LogP contribution in [0.3, 0.4) is 0 Å². The summed E-state index contributed by atoms with van der Waals surface area (Å²) in [5.74, 6) is -7.06. The summed E-state index contributed by atoms with van der Waals surface area (Å²) in [6.07, 6.45) is -0.00660. The van der Waals surface area contributed by atoms with Gasteiger partial charge in [0.25, 0.3) is 11.8 Å². The van der Waals surface area contributed by atoms with Crippen molar-refractivity contribution in [2.75, 3.05) is 37.0 Å². The predicted molar refractivity (Wildman–Crippen MR) is 265 cm³/mol. The van der Waals surface area contributed by atoms with Crippen LogP contribution in [-0.2, 0) is 60.7 Å². The van der Waals surface area contributed by atoms with Gasteiger partial charge in [0.2, 0.25) is 17.7 Å². The Bertz CT molecular complexity index is 2830. The van der Waals surface area contributed by atoms with Gasteiger partial charge < -0.3 is 55.3 Å². The monoisotopic (exact) mass is 1050 g/mol.